The molecule has 0 saturated heterocycles. The predicted molar refractivity (Wildman–Crippen MR) is 133 cm³/mol. The van der Waals surface area contributed by atoms with Crippen molar-refractivity contribution in [2.75, 3.05) is 18.1 Å². The van der Waals surface area contributed by atoms with Crippen LogP contribution >= 0.6 is 0 Å². The van der Waals surface area contributed by atoms with Gasteiger partial charge in [0.1, 0.15) is 12.4 Å². The fourth-order valence-corrected chi connectivity index (χ4v) is 6.84. The molecule has 1 heterocycles. The largest absolute Gasteiger partial charge is 0.301 e. The van der Waals surface area contributed by atoms with E-state index in [0.29, 0.717) is 12.1 Å². The summed E-state index contributed by atoms with van der Waals surface area (Å²) in [6, 6.07) is 17.5. The zero-order valence-corrected chi connectivity index (χ0v) is 20.3. The minimum absolute atomic E-state index is 0.0532. The number of rotatable bonds is 7. The Morgan fingerprint density at radius 1 is 1.17 bits per heavy atom. The highest BCUT2D eigenvalue weighted by Crippen LogP contribution is 2.48. The molecule has 2 atom stereocenters. The van der Waals surface area contributed by atoms with E-state index in [2.05, 4.69) is 18.4 Å². The van der Waals surface area contributed by atoms with Crippen molar-refractivity contribution in [3.8, 4) is 6.07 Å². The number of nitriles is 1. The molecule has 2 aromatic carbocycles. The summed E-state index contributed by atoms with van der Waals surface area (Å²) >= 11 is 0. The number of benzene rings is 2. The Morgan fingerprint density at radius 2 is 1.91 bits per heavy atom. The van der Waals surface area contributed by atoms with Crippen LogP contribution in [0.15, 0.2) is 89.3 Å². The summed E-state index contributed by atoms with van der Waals surface area (Å²) < 4.78 is 41.2. The lowest BCUT2D eigenvalue weighted by molar-refractivity contribution is 0.380. The molecule has 0 amide bonds. The average Bonchev–Trinajstić information content (AvgIpc) is 3.45. The number of anilines is 1. The van der Waals surface area contributed by atoms with Gasteiger partial charge in [-0.2, -0.15) is 9.57 Å². The molecule has 35 heavy (non-hydrogen) atoms. The SMILES string of the molecule is C[C@H]1C2=CNN(c3ccc(F)cc3)C2=CC2=C1[C@@H](CN(CC#N)S(=O)(=O)Cc1ccccc1)CC2. The van der Waals surface area contributed by atoms with Crippen LogP contribution in [0.3, 0.4) is 0 Å². The molecule has 0 saturated carbocycles. The molecule has 6 nitrogen and oxygen atoms in total. The molecule has 1 aliphatic heterocycles. The molecule has 3 aliphatic rings. The Bertz CT molecular complexity index is 1360. The van der Waals surface area contributed by atoms with Gasteiger partial charge in [-0.3, -0.25) is 5.01 Å². The maximum Gasteiger partial charge on any atom is 0.219 e. The number of nitrogens with one attached hydrogen (secondary N) is 1. The Morgan fingerprint density at radius 3 is 2.63 bits per heavy atom. The Kier molecular flexibility index (Phi) is 6.22. The normalized spacial score (nSPS) is 21.3. The van der Waals surface area contributed by atoms with E-state index in [0.717, 1.165) is 29.8 Å². The van der Waals surface area contributed by atoms with Gasteiger partial charge in [0.05, 0.1) is 23.2 Å². The van der Waals surface area contributed by atoms with E-state index in [1.54, 1.807) is 24.3 Å². The summed E-state index contributed by atoms with van der Waals surface area (Å²) in [6.07, 6.45) is 5.84. The molecule has 180 valence electrons. The number of fused-ring (bicyclic) bond motifs is 1. The predicted octanol–water partition coefficient (Wildman–Crippen LogP) is 4.63. The second-order valence-corrected chi connectivity index (χ2v) is 11.2. The van der Waals surface area contributed by atoms with Crippen molar-refractivity contribution in [1.29, 1.82) is 5.26 Å². The molecular weight excluding hydrogens is 463 g/mol. The van der Waals surface area contributed by atoms with Gasteiger partial charge in [-0.15, -0.1) is 0 Å². The van der Waals surface area contributed by atoms with Crippen molar-refractivity contribution in [2.24, 2.45) is 11.8 Å². The van der Waals surface area contributed by atoms with Crippen molar-refractivity contribution in [3.05, 3.63) is 101 Å². The first-order valence-corrected chi connectivity index (χ1v) is 13.3. The quantitative estimate of drug-likeness (QED) is 0.573. The van der Waals surface area contributed by atoms with Gasteiger partial charge in [-0.05, 0) is 60.2 Å². The second-order valence-electron chi connectivity index (χ2n) is 9.20. The van der Waals surface area contributed by atoms with Gasteiger partial charge in [0, 0.05) is 24.2 Å². The van der Waals surface area contributed by atoms with Crippen LogP contribution in [0.4, 0.5) is 10.1 Å². The smallest absolute Gasteiger partial charge is 0.219 e. The van der Waals surface area contributed by atoms with E-state index in [1.165, 1.54) is 27.6 Å². The molecule has 0 unspecified atom stereocenters. The van der Waals surface area contributed by atoms with Crippen molar-refractivity contribution in [2.45, 2.75) is 25.5 Å². The standard InChI is InChI=1S/C27H27FN4O2S/c1-19-25-16-30-32(24-11-9-23(28)10-12-24)26(25)15-21-7-8-22(27(19)21)17-31(14-13-29)35(33,34)18-20-5-3-2-4-6-20/h2-6,9-12,15-16,19,22,30H,7-8,14,17-18H2,1H3/t19-,22+/m0/s1. The molecule has 2 aliphatic carbocycles. The molecular formula is C27H27FN4O2S. The van der Waals surface area contributed by atoms with Crippen LogP contribution in [0, 0.1) is 29.0 Å². The number of hydrogen-bond donors (Lipinski definition) is 1. The molecule has 0 aromatic heterocycles. The third-order valence-electron chi connectivity index (χ3n) is 7.04. The van der Waals surface area contributed by atoms with Gasteiger partial charge in [0.2, 0.25) is 10.0 Å². The molecule has 8 heteroatoms. The van der Waals surface area contributed by atoms with Gasteiger partial charge in [0.25, 0.3) is 0 Å². The first-order chi connectivity index (χ1) is 16.9. The van der Waals surface area contributed by atoms with Gasteiger partial charge < -0.3 is 5.43 Å². The van der Waals surface area contributed by atoms with Crippen molar-refractivity contribution in [1.82, 2.24) is 9.73 Å². The van der Waals surface area contributed by atoms with Crippen molar-refractivity contribution >= 4 is 15.7 Å². The molecule has 0 spiro atoms. The van der Waals surface area contributed by atoms with Crippen molar-refractivity contribution < 1.29 is 12.8 Å². The number of sulfonamides is 1. The van der Waals surface area contributed by atoms with E-state index in [9.17, 15) is 18.1 Å². The summed E-state index contributed by atoms with van der Waals surface area (Å²) in [5.74, 6) is -0.233. The van der Waals surface area contributed by atoms with E-state index < -0.39 is 10.0 Å². The summed E-state index contributed by atoms with van der Waals surface area (Å²) in [7, 11) is -3.64. The number of hydrogen-bond acceptors (Lipinski definition) is 5. The topological polar surface area (TPSA) is 76.4 Å². The highest BCUT2D eigenvalue weighted by Gasteiger charge is 2.39. The Hall–Kier alpha value is -3.41. The average molecular weight is 491 g/mol. The van der Waals surface area contributed by atoms with E-state index in [-0.39, 0.29) is 30.0 Å². The minimum Gasteiger partial charge on any atom is -0.301 e. The number of halogens is 1. The van der Waals surface area contributed by atoms with E-state index in [1.807, 2.05) is 35.5 Å². The van der Waals surface area contributed by atoms with E-state index >= 15 is 0 Å². The summed E-state index contributed by atoms with van der Waals surface area (Å²) in [6.45, 7) is 2.29. The third-order valence-corrected chi connectivity index (χ3v) is 8.81. The lowest BCUT2D eigenvalue weighted by atomic mass is 9.80. The molecule has 0 radical (unpaired) electrons. The zero-order chi connectivity index (χ0) is 24.6. The molecule has 0 fully saturated rings. The van der Waals surface area contributed by atoms with Crippen LogP contribution in [0.2, 0.25) is 0 Å². The summed E-state index contributed by atoms with van der Waals surface area (Å²) in [4.78, 5) is 0. The van der Waals surface area contributed by atoms with Crippen LogP contribution in [0.1, 0.15) is 25.3 Å². The fraction of sp³-hybridized carbons (Fsp3) is 0.296. The Balaban J connectivity index is 1.40. The number of hydrazine groups is 1. The van der Waals surface area contributed by atoms with Crippen LogP contribution in [-0.4, -0.2) is 25.8 Å². The maximum atomic E-state index is 13.4. The van der Waals surface area contributed by atoms with Crippen LogP contribution < -0.4 is 10.4 Å². The third kappa shape index (κ3) is 4.49. The lowest BCUT2D eigenvalue weighted by Crippen LogP contribution is -2.37. The van der Waals surface area contributed by atoms with Crippen LogP contribution in [-0.2, 0) is 15.8 Å². The first-order valence-electron chi connectivity index (χ1n) is 11.7. The minimum atomic E-state index is -3.64. The summed E-state index contributed by atoms with van der Waals surface area (Å²) in [5, 5.41) is 11.3. The highest BCUT2D eigenvalue weighted by molar-refractivity contribution is 7.88. The van der Waals surface area contributed by atoms with Gasteiger partial charge in [0.15, 0.2) is 0 Å². The van der Waals surface area contributed by atoms with Gasteiger partial charge in [-0.25, -0.2) is 12.8 Å². The first kappa shape index (κ1) is 23.3. The van der Waals surface area contributed by atoms with Crippen LogP contribution in [0.25, 0.3) is 0 Å². The molecule has 0 bridgehead atoms. The Labute approximate surface area is 205 Å². The second kappa shape index (κ2) is 9.33. The van der Waals surface area contributed by atoms with Gasteiger partial charge >= 0.3 is 0 Å². The monoisotopic (exact) mass is 490 g/mol. The molecule has 2 aromatic rings. The van der Waals surface area contributed by atoms with Gasteiger partial charge in [-0.1, -0.05) is 42.8 Å². The lowest BCUT2D eigenvalue weighted by Gasteiger charge is -2.31. The number of allylic oxidation sites excluding steroid dienone is 3. The zero-order valence-electron chi connectivity index (χ0n) is 19.5. The highest BCUT2D eigenvalue weighted by atomic mass is 32.2. The fourth-order valence-electron chi connectivity index (χ4n) is 5.38. The van der Waals surface area contributed by atoms with E-state index in [4.69, 9.17) is 0 Å². The molecule has 1 N–H and O–H groups in total. The molecule has 5 rings (SSSR count). The van der Waals surface area contributed by atoms with Crippen molar-refractivity contribution in [3.63, 3.8) is 0 Å². The number of nitrogens with zero attached hydrogens (tertiary/aromatic N) is 3. The summed E-state index contributed by atoms with van der Waals surface area (Å²) in [5.41, 5.74) is 9.48. The maximum absolute atomic E-state index is 13.4. The van der Waals surface area contributed by atoms with Crippen LogP contribution in [0.5, 0.6) is 0 Å².